The maximum Gasteiger partial charge on any atom is 0.417 e. The Labute approximate surface area is 192 Å². The van der Waals surface area contributed by atoms with Crippen molar-refractivity contribution in [3.8, 4) is 0 Å². The number of hydrogen-bond acceptors (Lipinski definition) is 4. The van der Waals surface area contributed by atoms with E-state index in [9.17, 15) is 26.4 Å². The Balaban J connectivity index is 1.47. The molecule has 0 N–H and O–H groups in total. The van der Waals surface area contributed by atoms with Crippen molar-refractivity contribution in [2.45, 2.75) is 28.8 Å². The molecule has 4 rings (SSSR count). The molecule has 0 saturated carbocycles. The van der Waals surface area contributed by atoms with E-state index in [1.165, 1.54) is 12.1 Å². The van der Waals surface area contributed by atoms with E-state index in [0.29, 0.717) is 18.1 Å². The number of ketones is 1. The third kappa shape index (κ3) is 4.79. The molecule has 0 bridgehead atoms. The van der Waals surface area contributed by atoms with Crippen LogP contribution >= 0.6 is 11.6 Å². The number of alkyl halides is 3. The van der Waals surface area contributed by atoms with E-state index >= 15 is 0 Å². The minimum Gasteiger partial charge on any atom is -0.306 e. The second-order valence-corrected chi connectivity index (χ2v) is 9.68. The van der Waals surface area contributed by atoms with Crippen LogP contribution in [0.4, 0.5) is 13.2 Å². The molecule has 0 spiro atoms. The fourth-order valence-corrected chi connectivity index (χ4v) is 4.99. The van der Waals surface area contributed by atoms with Crippen LogP contribution in [-0.2, 0) is 22.4 Å². The first kappa shape index (κ1) is 23.0. The lowest BCUT2D eigenvalue weighted by Crippen LogP contribution is -2.08. The van der Waals surface area contributed by atoms with Crippen LogP contribution in [0.2, 0.25) is 5.02 Å². The summed E-state index contributed by atoms with van der Waals surface area (Å²) >= 11 is 5.66. The first-order chi connectivity index (χ1) is 15.6. The van der Waals surface area contributed by atoms with Gasteiger partial charge in [-0.3, -0.25) is 4.79 Å². The van der Waals surface area contributed by atoms with Crippen LogP contribution in [0, 0.1) is 0 Å². The van der Waals surface area contributed by atoms with Gasteiger partial charge in [0, 0.05) is 30.6 Å². The summed E-state index contributed by atoms with van der Waals surface area (Å²) < 4.78 is 66.0. The predicted molar refractivity (Wildman–Crippen MR) is 116 cm³/mol. The standard InChI is InChI=1S/C23H16ClF3N2O3S/c24-20-13-18(7-8-19(20)23(25,26)27)33(31,32)17-5-1-15(2-6-17)3-9-21(30)16-4-10-22-28-11-12-29(22)14-16/h1-2,4-8,10-14H,3,9H2. The molecule has 0 atom stereocenters. The molecule has 0 aliphatic rings. The molecule has 0 aliphatic heterocycles. The maximum atomic E-state index is 12.9. The normalized spacial score (nSPS) is 12.2. The number of fused-ring (bicyclic) bond motifs is 1. The van der Waals surface area contributed by atoms with Crippen molar-refractivity contribution >= 4 is 32.9 Å². The van der Waals surface area contributed by atoms with Gasteiger partial charge in [-0.1, -0.05) is 23.7 Å². The smallest absolute Gasteiger partial charge is 0.306 e. The largest absolute Gasteiger partial charge is 0.417 e. The van der Waals surface area contributed by atoms with Gasteiger partial charge in [0.25, 0.3) is 0 Å². The average Bonchev–Trinajstić information content (AvgIpc) is 3.24. The number of rotatable bonds is 6. The quantitative estimate of drug-likeness (QED) is 0.326. The van der Waals surface area contributed by atoms with E-state index in [-0.39, 0.29) is 22.0 Å². The second-order valence-electron chi connectivity index (χ2n) is 7.32. The summed E-state index contributed by atoms with van der Waals surface area (Å²) in [7, 11) is -4.06. The van der Waals surface area contributed by atoms with E-state index in [4.69, 9.17) is 11.6 Å². The van der Waals surface area contributed by atoms with Crippen LogP contribution in [0.1, 0.15) is 27.9 Å². The zero-order chi connectivity index (χ0) is 23.8. The predicted octanol–water partition coefficient (Wildman–Crippen LogP) is 5.65. The van der Waals surface area contributed by atoms with Gasteiger partial charge in [0.05, 0.1) is 20.4 Å². The summed E-state index contributed by atoms with van der Waals surface area (Å²) in [6.07, 6.45) is 1.03. The number of halogens is 4. The van der Waals surface area contributed by atoms with Crippen molar-refractivity contribution in [2.75, 3.05) is 0 Å². The molecule has 33 heavy (non-hydrogen) atoms. The second kappa shape index (κ2) is 8.64. The first-order valence-electron chi connectivity index (χ1n) is 9.72. The van der Waals surface area contributed by atoms with E-state index in [0.717, 1.165) is 23.3 Å². The van der Waals surface area contributed by atoms with Crippen molar-refractivity contribution in [3.05, 3.63) is 94.9 Å². The number of carbonyl (C=O) groups is 1. The van der Waals surface area contributed by atoms with Gasteiger partial charge in [-0.05, 0) is 54.4 Å². The number of benzene rings is 2. The van der Waals surface area contributed by atoms with E-state index in [1.807, 2.05) is 0 Å². The minimum absolute atomic E-state index is 0.0679. The Morgan fingerprint density at radius 2 is 1.70 bits per heavy atom. The van der Waals surface area contributed by atoms with E-state index < -0.39 is 26.6 Å². The van der Waals surface area contributed by atoms with Gasteiger partial charge in [0.1, 0.15) is 5.65 Å². The number of imidazole rings is 1. The highest BCUT2D eigenvalue weighted by molar-refractivity contribution is 7.91. The molecule has 4 aromatic rings. The summed E-state index contributed by atoms with van der Waals surface area (Å²) in [5.74, 6) is -0.0679. The van der Waals surface area contributed by atoms with E-state index in [2.05, 4.69) is 4.98 Å². The average molecular weight is 493 g/mol. The van der Waals surface area contributed by atoms with Gasteiger partial charge in [0.2, 0.25) is 9.84 Å². The first-order valence-corrected chi connectivity index (χ1v) is 11.6. The topological polar surface area (TPSA) is 68.5 Å². The van der Waals surface area contributed by atoms with Crippen LogP contribution in [0.3, 0.4) is 0 Å². The molecule has 170 valence electrons. The van der Waals surface area contributed by atoms with Gasteiger partial charge in [-0.25, -0.2) is 13.4 Å². The number of pyridine rings is 1. The Morgan fingerprint density at radius 1 is 1.00 bits per heavy atom. The molecule has 0 fully saturated rings. The molecule has 10 heteroatoms. The summed E-state index contributed by atoms with van der Waals surface area (Å²) in [6, 6.07) is 11.6. The third-order valence-corrected chi connectivity index (χ3v) is 7.22. The van der Waals surface area contributed by atoms with Crippen molar-refractivity contribution in [1.82, 2.24) is 9.38 Å². The van der Waals surface area contributed by atoms with Crippen LogP contribution in [0.15, 0.2) is 83.0 Å². The van der Waals surface area contributed by atoms with Gasteiger partial charge in [-0.15, -0.1) is 0 Å². The molecule has 0 radical (unpaired) electrons. The third-order valence-electron chi connectivity index (χ3n) is 5.14. The van der Waals surface area contributed by atoms with Crippen molar-refractivity contribution in [3.63, 3.8) is 0 Å². The lowest BCUT2D eigenvalue weighted by molar-refractivity contribution is -0.137. The number of carbonyl (C=O) groups excluding carboxylic acids is 1. The van der Waals surface area contributed by atoms with Gasteiger partial charge < -0.3 is 4.40 Å². The van der Waals surface area contributed by atoms with Gasteiger partial charge >= 0.3 is 6.18 Å². The zero-order valence-electron chi connectivity index (χ0n) is 16.9. The highest BCUT2D eigenvalue weighted by Crippen LogP contribution is 2.36. The van der Waals surface area contributed by atoms with Crippen LogP contribution in [-0.4, -0.2) is 23.6 Å². The summed E-state index contributed by atoms with van der Waals surface area (Å²) in [5, 5.41) is -0.687. The molecule has 0 aliphatic carbocycles. The van der Waals surface area contributed by atoms with Crippen LogP contribution in [0.5, 0.6) is 0 Å². The highest BCUT2D eigenvalue weighted by Gasteiger charge is 2.34. The number of aryl methyl sites for hydroxylation is 1. The number of hydrogen-bond donors (Lipinski definition) is 0. The van der Waals surface area contributed by atoms with Gasteiger partial charge in [0.15, 0.2) is 5.78 Å². The lowest BCUT2D eigenvalue weighted by atomic mass is 10.0. The molecule has 5 nitrogen and oxygen atoms in total. The molecule has 2 aromatic carbocycles. The van der Waals surface area contributed by atoms with Crippen molar-refractivity contribution in [2.24, 2.45) is 0 Å². The summed E-state index contributed by atoms with van der Waals surface area (Å²) in [5.41, 5.74) is 0.920. The SMILES string of the molecule is O=C(CCc1ccc(S(=O)(=O)c2ccc(C(F)(F)F)c(Cl)c2)cc1)c1ccc2nccn2c1. The summed E-state index contributed by atoms with van der Waals surface area (Å²) in [4.78, 5) is 16.2. The molecule has 2 heterocycles. The Kier molecular flexibility index (Phi) is 6.02. The fraction of sp³-hybridized carbons (Fsp3) is 0.130. The number of Topliss-reactive ketones (excluding diaryl/α,β-unsaturated/α-hetero) is 1. The monoisotopic (exact) mass is 492 g/mol. The van der Waals surface area contributed by atoms with Crippen LogP contribution < -0.4 is 0 Å². The number of aromatic nitrogens is 2. The minimum atomic E-state index is -4.68. The van der Waals surface area contributed by atoms with Crippen molar-refractivity contribution in [1.29, 1.82) is 0 Å². The maximum absolute atomic E-state index is 12.9. The van der Waals surface area contributed by atoms with Crippen molar-refractivity contribution < 1.29 is 26.4 Å². The Morgan fingerprint density at radius 3 is 2.36 bits per heavy atom. The lowest BCUT2D eigenvalue weighted by Gasteiger charge is -2.11. The van der Waals surface area contributed by atoms with E-state index in [1.54, 1.807) is 47.3 Å². The zero-order valence-corrected chi connectivity index (χ0v) is 18.5. The molecule has 0 unspecified atom stereocenters. The number of nitrogens with zero attached hydrogens (tertiary/aromatic N) is 2. The number of sulfone groups is 1. The molecule has 0 amide bonds. The molecule has 0 saturated heterocycles. The summed E-state index contributed by atoms with van der Waals surface area (Å²) in [6.45, 7) is 0. The Bertz CT molecular complexity index is 1450. The highest BCUT2D eigenvalue weighted by atomic mass is 35.5. The molecule has 2 aromatic heterocycles. The fourth-order valence-electron chi connectivity index (χ4n) is 3.35. The molecular weight excluding hydrogens is 477 g/mol. The molecular formula is C23H16ClF3N2O3S. The Hall–Kier alpha value is -3.17. The van der Waals surface area contributed by atoms with Crippen LogP contribution in [0.25, 0.3) is 5.65 Å². The van der Waals surface area contributed by atoms with Gasteiger partial charge in [-0.2, -0.15) is 13.2 Å².